The van der Waals surface area contributed by atoms with Gasteiger partial charge in [-0.05, 0) is 25.1 Å². The third-order valence-electron chi connectivity index (χ3n) is 4.89. The fourth-order valence-electron chi connectivity index (χ4n) is 3.53. The zero-order valence-corrected chi connectivity index (χ0v) is 16.7. The maximum Gasteiger partial charge on any atom is 0.307 e. The lowest BCUT2D eigenvalue weighted by molar-refractivity contribution is -0.136. The van der Waals surface area contributed by atoms with E-state index in [1.807, 2.05) is 96.5 Å². The molecular formula is C25H22N2O3. The normalized spacial score (nSPS) is 10.7. The number of aliphatic carboxylic acids is 1. The van der Waals surface area contributed by atoms with Crippen LogP contribution in [0.15, 0.2) is 84.9 Å². The summed E-state index contributed by atoms with van der Waals surface area (Å²) >= 11 is 0. The summed E-state index contributed by atoms with van der Waals surface area (Å²) in [7, 11) is 0. The zero-order valence-electron chi connectivity index (χ0n) is 16.7. The van der Waals surface area contributed by atoms with E-state index in [0.29, 0.717) is 6.54 Å². The van der Waals surface area contributed by atoms with Gasteiger partial charge in [0.2, 0.25) is 0 Å². The van der Waals surface area contributed by atoms with Crippen LogP contribution in [0.25, 0.3) is 11.3 Å². The maximum atomic E-state index is 11.5. The average molecular weight is 398 g/mol. The molecule has 5 heteroatoms. The number of nitrogens with zero attached hydrogens (tertiary/aromatic N) is 2. The van der Waals surface area contributed by atoms with E-state index in [1.165, 1.54) is 0 Å². The van der Waals surface area contributed by atoms with E-state index in [9.17, 15) is 9.90 Å². The van der Waals surface area contributed by atoms with Gasteiger partial charge < -0.3 is 9.84 Å². The molecule has 0 bridgehead atoms. The number of carbonyl (C=O) groups is 1. The highest BCUT2D eigenvalue weighted by Crippen LogP contribution is 2.30. The summed E-state index contributed by atoms with van der Waals surface area (Å²) in [6.07, 6.45) is -0.0712. The van der Waals surface area contributed by atoms with Crippen molar-refractivity contribution >= 4 is 5.97 Å². The minimum atomic E-state index is -0.873. The molecule has 1 aromatic heterocycles. The van der Waals surface area contributed by atoms with Crippen molar-refractivity contribution in [1.82, 2.24) is 9.78 Å². The Bertz CT molecular complexity index is 1150. The van der Waals surface area contributed by atoms with Gasteiger partial charge in [0.15, 0.2) is 0 Å². The number of ether oxygens (including phenoxy) is 1. The third kappa shape index (κ3) is 4.25. The number of aromatic nitrogens is 2. The van der Waals surface area contributed by atoms with Crippen LogP contribution in [0.2, 0.25) is 0 Å². The van der Waals surface area contributed by atoms with E-state index < -0.39 is 5.97 Å². The average Bonchev–Trinajstić information content (AvgIpc) is 3.05. The number of hydrogen-bond donors (Lipinski definition) is 1. The minimum absolute atomic E-state index is 0.0712. The topological polar surface area (TPSA) is 64.4 Å². The van der Waals surface area contributed by atoms with Gasteiger partial charge in [0.05, 0.1) is 24.4 Å². The Morgan fingerprint density at radius 2 is 1.57 bits per heavy atom. The molecule has 0 amide bonds. The lowest BCUT2D eigenvalue weighted by Crippen LogP contribution is -2.07. The van der Waals surface area contributed by atoms with Gasteiger partial charge in [-0.2, -0.15) is 5.10 Å². The molecule has 0 saturated heterocycles. The van der Waals surface area contributed by atoms with Crippen molar-refractivity contribution in [3.05, 3.63) is 102 Å². The first kappa shape index (κ1) is 19.5. The summed E-state index contributed by atoms with van der Waals surface area (Å²) in [5.41, 5.74) is 4.18. The summed E-state index contributed by atoms with van der Waals surface area (Å²) in [5.74, 6) is 0.634. The number of aryl methyl sites for hydroxylation is 1. The first-order valence-electron chi connectivity index (χ1n) is 9.76. The molecule has 0 spiro atoms. The van der Waals surface area contributed by atoms with E-state index in [-0.39, 0.29) is 6.42 Å². The van der Waals surface area contributed by atoms with Crippen LogP contribution < -0.4 is 4.74 Å². The highest BCUT2D eigenvalue weighted by molar-refractivity contribution is 5.76. The smallest absolute Gasteiger partial charge is 0.307 e. The molecule has 5 nitrogen and oxygen atoms in total. The van der Waals surface area contributed by atoms with Crippen LogP contribution >= 0.6 is 0 Å². The highest BCUT2D eigenvalue weighted by Gasteiger charge is 2.20. The van der Waals surface area contributed by atoms with Gasteiger partial charge in [-0.1, -0.05) is 66.7 Å². The Morgan fingerprint density at radius 1 is 0.933 bits per heavy atom. The first-order valence-corrected chi connectivity index (χ1v) is 9.76. The Morgan fingerprint density at radius 3 is 2.27 bits per heavy atom. The predicted molar refractivity (Wildman–Crippen MR) is 116 cm³/mol. The molecule has 0 aliphatic rings. The molecule has 0 unspecified atom stereocenters. The van der Waals surface area contributed by atoms with Crippen LogP contribution in [0.1, 0.15) is 16.8 Å². The molecule has 0 saturated carbocycles. The second-order valence-electron chi connectivity index (χ2n) is 7.03. The summed E-state index contributed by atoms with van der Waals surface area (Å²) in [6, 6.07) is 27.2. The van der Waals surface area contributed by atoms with Gasteiger partial charge in [0.25, 0.3) is 0 Å². The van der Waals surface area contributed by atoms with Gasteiger partial charge >= 0.3 is 5.97 Å². The Balaban J connectivity index is 1.75. The molecule has 150 valence electrons. The van der Waals surface area contributed by atoms with Crippen LogP contribution in [0.3, 0.4) is 0 Å². The van der Waals surface area contributed by atoms with E-state index in [1.54, 1.807) is 0 Å². The number of rotatable bonds is 7. The molecule has 0 aliphatic carbocycles. The number of hydrogen-bond acceptors (Lipinski definition) is 3. The molecular weight excluding hydrogens is 376 g/mol. The molecule has 30 heavy (non-hydrogen) atoms. The van der Waals surface area contributed by atoms with Crippen LogP contribution in [0, 0.1) is 6.92 Å². The highest BCUT2D eigenvalue weighted by atomic mass is 16.5. The van der Waals surface area contributed by atoms with Gasteiger partial charge in [0, 0.05) is 16.7 Å². The molecule has 0 fully saturated rings. The van der Waals surface area contributed by atoms with Gasteiger partial charge in [0.1, 0.15) is 11.5 Å². The van der Waals surface area contributed by atoms with E-state index in [4.69, 9.17) is 4.74 Å². The SMILES string of the molecule is Cc1nn(Cc2ccccc2Oc2ccccc2)c(-c2ccccc2)c1CC(=O)O. The zero-order chi connectivity index (χ0) is 20.9. The third-order valence-corrected chi connectivity index (χ3v) is 4.89. The largest absolute Gasteiger partial charge is 0.481 e. The lowest BCUT2D eigenvalue weighted by atomic mass is 10.0. The molecule has 3 aromatic carbocycles. The minimum Gasteiger partial charge on any atom is -0.481 e. The first-order chi connectivity index (χ1) is 14.6. The molecule has 0 atom stereocenters. The van der Waals surface area contributed by atoms with Crippen molar-refractivity contribution in [2.24, 2.45) is 0 Å². The van der Waals surface area contributed by atoms with E-state index >= 15 is 0 Å². The fourth-order valence-corrected chi connectivity index (χ4v) is 3.53. The van der Waals surface area contributed by atoms with E-state index in [2.05, 4.69) is 5.10 Å². The molecule has 4 aromatic rings. The number of benzene rings is 3. The lowest BCUT2D eigenvalue weighted by Gasteiger charge is -2.14. The quantitative estimate of drug-likeness (QED) is 0.457. The second-order valence-corrected chi connectivity index (χ2v) is 7.03. The van der Waals surface area contributed by atoms with Gasteiger partial charge in [-0.15, -0.1) is 0 Å². The Kier molecular flexibility index (Phi) is 5.61. The number of carboxylic acid groups (broad SMARTS) is 1. The van der Waals surface area contributed by atoms with E-state index in [0.717, 1.165) is 39.6 Å². The number of para-hydroxylation sites is 2. The molecule has 4 rings (SSSR count). The van der Waals surface area contributed by atoms with Crippen LogP contribution in [-0.2, 0) is 17.8 Å². The molecule has 0 aliphatic heterocycles. The van der Waals surface area contributed by atoms with Gasteiger partial charge in [-0.25, -0.2) is 0 Å². The molecule has 0 radical (unpaired) electrons. The Labute approximate surface area is 175 Å². The molecule has 1 heterocycles. The van der Waals surface area contributed by atoms with Crippen molar-refractivity contribution in [1.29, 1.82) is 0 Å². The predicted octanol–water partition coefficient (Wildman–Crippen LogP) is 5.33. The summed E-state index contributed by atoms with van der Waals surface area (Å²) < 4.78 is 7.96. The van der Waals surface area contributed by atoms with Crippen LogP contribution in [0.4, 0.5) is 0 Å². The maximum absolute atomic E-state index is 11.5. The van der Waals surface area contributed by atoms with Crippen molar-refractivity contribution in [2.75, 3.05) is 0 Å². The second kappa shape index (κ2) is 8.66. The van der Waals surface area contributed by atoms with Crippen molar-refractivity contribution < 1.29 is 14.6 Å². The van der Waals surface area contributed by atoms with Crippen LogP contribution in [0.5, 0.6) is 11.5 Å². The van der Waals surface area contributed by atoms with Gasteiger partial charge in [-0.3, -0.25) is 9.48 Å². The van der Waals surface area contributed by atoms with Crippen molar-refractivity contribution in [3.63, 3.8) is 0 Å². The molecule has 1 N–H and O–H groups in total. The number of carboxylic acids is 1. The summed E-state index contributed by atoms with van der Waals surface area (Å²) in [6.45, 7) is 2.32. The fraction of sp³-hybridized carbons (Fsp3) is 0.120. The standard InChI is InChI=1S/C25H22N2O3/c1-18-22(16-24(28)29)25(19-10-4-2-5-11-19)27(26-18)17-20-12-8-9-15-23(20)30-21-13-6-3-7-14-21/h2-15H,16-17H2,1H3,(H,28,29). The Hall–Kier alpha value is -3.86. The summed E-state index contributed by atoms with van der Waals surface area (Å²) in [5, 5.41) is 14.1. The summed E-state index contributed by atoms with van der Waals surface area (Å²) in [4.78, 5) is 11.5. The monoisotopic (exact) mass is 398 g/mol. The van der Waals surface area contributed by atoms with Crippen molar-refractivity contribution in [3.8, 4) is 22.8 Å². The van der Waals surface area contributed by atoms with Crippen LogP contribution in [-0.4, -0.2) is 20.9 Å². The van der Waals surface area contributed by atoms with Crippen molar-refractivity contribution in [2.45, 2.75) is 19.9 Å².